The molecular weight excluding hydrogens is 990 g/mol. The van der Waals surface area contributed by atoms with E-state index >= 15 is 0 Å². The largest absolute Gasteiger partial charge is 0.481 e. The molecule has 25 nitrogen and oxygen atoms in total. The number of halogens is 2. The number of nitrogens with two attached hydrogens (primary N) is 1. The molecular formula is C34H48Cl2N7O18P3S. The molecule has 1 saturated carbocycles. The van der Waals surface area contributed by atoms with Crippen molar-refractivity contribution in [3.63, 3.8) is 0 Å². The molecule has 0 bridgehead atoms. The first kappa shape index (κ1) is 53.1. The molecule has 2 fully saturated rings. The standard InChI is InChI=1S/C34H48Cl2N7O18P3S/c1-32(2,26(46)29(47)39-10-9-22(44)38-11-12-65-31(48)33(3,4)59-19-7-5-18(6-8-19)20-13-34(20,35)36)15-57-64(54,55)61-63(52,53)56-14-21-25(60-62(49,50)51)24(45)30(58-21)43-17-42-23-27(37)40-16-41-28(23)43/h5-8,16-17,20-21,24-26,30,45-46H,9-15H2,1-4H3,(H,38,44)(H,39,47)(H,52,53)(H,54,55)(H2,37,40,41)(H2,49,50,51)/t20?,21-,24-,25-,26+,30-/m1/s1. The fourth-order valence-corrected chi connectivity index (χ4v) is 10.3. The molecule has 1 aliphatic heterocycles. The predicted octanol–water partition coefficient (Wildman–Crippen LogP) is 2.18. The minimum atomic E-state index is -5.60. The number of hydrogen-bond donors (Lipinski definition) is 9. The summed E-state index contributed by atoms with van der Waals surface area (Å²) in [6.07, 6.45) is -6.40. The lowest BCUT2D eigenvalue weighted by atomic mass is 9.87. The van der Waals surface area contributed by atoms with Gasteiger partial charge >= 0.3 is 23.5 Å². The summed E-state index contributed by atoms with van der Waals surface area (Å²) in [5, 5.41) is 26.2. The van der Waals surface area contributed by atoms with Crippen LogP contribution in [-0.2, 0) is 50.7 Å². The SMILES string of the molecule is CC(C)(Oc1ccc(C2CC2(Cl)Cl)cc1)C(=O)SCCNC(=O)CCNC(=O)[C@H](O)C(C)(C)COP(=O)(O)OP(=O)(O)OC[C@H]1O[C@@H](n2cnc3c(N)ncnc32)[C@H](O)[C@@H]1OP(=O)(O)O. The second-order valence-electron chi connectivity index (χ2n) is 15.9. The summed E-state index contributed by atoms with van der Waals surface area (Å²) in [7, 11) is -16.5. The van der Waals surface area contributed by atoms with Gasteiger partial charge in [0, 0.05) is 36.6 Å². The topological polar surface area (TPSA) is 373 Å². The van der Waals surface area contributed by atoms with Crippen LogP contribution in [0.5, 0.6) is 5.75 Å². The molecule has 3 aromatic rings. The highest BCUT2D eigenvalue weighted by molar-refractivity contribution is 8.13. The molecule has 3 heterocycles. The normalized spacial score (nSPS) is 23.3. The van der Waals surface area contributed by atoms with Crippen LogP contribution in [0.25, 0.3) is 11.2 Å². The number of hydrogen-bond acceptors (Lipinski definition) is 19. The van der Waals surface area contributed by atoms with Crippen molar-refractivity contribution in [1.29, 1.82) is 0 Å². The maximum atomic E-state index is 12.8. The summed E-state index contributed by atoms with van der Waals surface area (Å²) < 4.78 is 67.5. The number of aromatic nitrogens is 4. The van der Waals surface area contributed by atoms with E-state index in [4.69, 9.17) is 47.5 Å². The molecule has 8 atom stereocenters. The number of thioether (sulfide) groups is 1. The number of imidazole rings is 1. The van der Waals surface area contributed by atoms with Crippen molar-refractivity contribution in [3.05, 3.63) is 42.5 Å². The molecule has 3 unspecified atom stereocenters. The van der Waals surface area contributed by atoms with Gasteiger partial charge in [-0.25, -0.2) is 28.6 Å². The monoisotopic (exact) mass is 1040 g/mol. The lowest BCUT2D eigenvalue weighted by molar-refractivity contribution is -0.137. The summed E-state index contributed by atoms with van der Waals surface area (Å²) >= 11 is 13.2. The van der Waals surface area contributed by atoms with Crippen molar-refractivity contribution in [2.75, 3.05) is 37.8 Å². The van der Waals surface area contributed by atoms with Crippen LogP contribution < -0.4 is 21.1 Å². The predicted molar refractivity (Wildman–Crippen MR) is 230 cm³/mol. The Hall–Kier alpha value is -2.84. The molecule has 362 valence electrons. The Morgan fingerprint density at radius 2 is 1.66 bits per heavy atom. The summed E-state index contributed by atoms with van der Waals surface area (Å²) in [6, 6.07) is 7.15. The number of rotatable bonds is 23. The molecule has 65 heavy (non-hydrogen) atoms. The zero-order valence-electron chi connectivity index (χ0n) is 34.8. The molecule has 10 N–H and O–H groups in total. The number of nitrogens with one attached hydrogen (secondary N) is 2. The van der Waals surface area contributed by atoms with Crippen LogP contribution >= 0.6 is 58.4 Å². The van der Waals surface area contributed by atoms with Crippen molar-refractivity contribution >= 4 is 92.3 Å². The van der Waals surface area contributed by atoms with Gasteiger partial charge in [-0.05, 0) is 38.0 Å². The van der Waals surface area contributed by atoms with E-state index in [1.54, 1.807) is 26.0 Å². The average Bonchev–Trinajstić information content (AvgIpc) is 3.47. The molecule has 1 saturated heterocycles. The molecule has 0 spiro atoms. The lowest BCUT2D eigenvalue weighted by Gasteiger charge is -2.30. The van der Waals surface area contributed by atoms with E-state index in [1.807, 2.05) is 12.1 Å². The number of alkyl halides is 2. The van der Waals surface area contributed by atoms with Crippen LogP contribution in [0.15, 0.2) is 36.9 Å². The first-order valence-electron chi connectivity index (χ1n) is 19.2. The number of ether oxygens (including phenoxy) is 2. The highest BCUT2D eigenvalue weighted by Crippen LogP contribution is 2.61. The Labute approximate surface area is 384 Å². The van der Waals surface area contributed by atoms with E-state index in [-0.39, 0.29) is 53.3 Å². The van der Waals surface area contributed by atoms with E-state index in [0.717, 1.165) is 34.5 Å². The van der Waals surface area contributed by atoms with Gasteiger partial charge in [-0.1, -0.05) is 37.7 Å². The second kappa shape index (κ2) is 20.8. The van der Waals surface area contributed by atoms with Gasteiger partial charge in [0.2, 0.25) is 16.9 Å². The Kier molecular flexibility index (Phi) is 17.0. The first-order valence-corrected chi connectivity index (χ1v) is 25.5. The molecule has 2 amide bonds. The highest BCUT2D eigenvalue weighted by Gasteiger charge is 2.53. The fraction of sp³-hybridized carbons (Fsp3) is 0.588. The van der Waals surface area contributed by atoms with E-state index < -0.39 is 94.5 Å². The smallest absolute Gasteiger partial charge is 0.479 e. The summed E-state index contributed by atoms with van der Waals surface area (Å²) in [6.45, 7) is 3.54. The van der Waals surface area contributed by atoms with Crippen molar-refractivity contribution in [2.45, 2.75) is 87.0 Å². The number of nitrogens with zero attached hydrogens (tertiary/aromatic N) is 4. The van der Waals surface area contributed by atoms with E-state index in [1.165, 1.54) is 13.8 Å². The van der Waals surface area contributed by atoms with Crippen molar-refractivity contribution in [3.8, 4) is 5.75 Å². The van der Waals surface area contributed by atoms with Gasteiger partial charge in [0.25, 0.3) is 0 Å². The molecule has 2 aromatic heterocycles. The maximum Gasteiger partial charge on any atom is 0.481 e. The zero-order valence-corrected chi connectivity index (χ0v) is 39.8. The Bertz CT molecular complexity index is 2360. The third-order valence-corrected chi connectivity index (χ3v) is 14.8. The second-order valence-corrected chi connectivity index (χ2v) is 22.8. The molecule has 1 aliphatic carbocycles. The van der Waals surface area contributed by atoms with Crippen LogP contribution in [0.4, 0.5) is 5.82 Å². The number of aliphatic hydroxyl groups is 2. The highest BCUT2D eigenvalue weighted by atomic mass is 35.5. The minimum absolute atomic E-state index is 0.0233. The van der Waals surface area contributed by atoms with Crippen LogP contribution in [-0.4, -0.2) is 133 Å². The fourth-order valence-electron chi connectivity index (χ4n) is 6.13. The van der Waals surface area contributed by atoms with Crippen LogP contribution in [0.3, 0.4) is 0 Å². The minimum Gasteiger partial charge on any atom is -0.479 e. The van der Waals surface area contributed by atoms with Crippen molar-refractivity contribution < 1.29 is 85.2 Å². The average molecular weight is 1040 g/mol. The number of carbonyl (C=O) groups is 3. The number of nitrogen functional groups attached to an aromatic ring is 1. The van der Waals surface area contributed by atoms with Crippen LogP contribution in [0, 0.1) is 5.41 Å². The van der Waals surface area contributed by atoms with Crippen LogP contribution in [0.1, 0.15) is 58.2 Å². The zero-order chi connectivity index (χ0) is 48.3. The Morgan fingerprint density at radius 3 is 2.29 bits per heavy atom. The number of anilines is 1. The summed E-state index contributed by atoms with van der Waals surface area (Å²) in [4.78, 5) is 89.1. The van der Waals surface area contributed by atoms with Crippen molar-refractivity contribution in [2.24, 2.45) is 5.41 Å². The molecule has 5 rings (SSSR count). The van der Waals surface area contributed by atoms with Gasteiger partial charge in [-0.3, -0.25) is 32.5 Å². The number of benzene rings is 1. The molecule has 0 radical (unpaired) electrons. The van der Waals surface area contributed by atoms with E-state index in [0.29, 0.717) is 12.2 Å². The number of fused-ring (bicyclic) bond motifs is 1. The quantitative estimate of drug-likeness (QED) is 0.0373. The van der Waals surface area contributed by atoms with Gasteiger partial charge in [-0.15, -0.1) is 23.2 Å². The number of phosphoric ester groups is 3. The summed E-state index contributed by atoms with van der Waals surface area (Å²) in [5.74, 6) is -0.800. The number of aliphatic hydroxyl groups excluding tert-OH is 2. The number of amides is 2. The van der Waals surface area contributed by atoms with E-state index in [2.05, 4.69) is 34.4 Å². The lowest BCUT2D eigenvalue weighted by Crippen LogP contribution is -2.46. The van der Waals surface area contributed by atoms with Gasteiger partial charge in [-0.2, -0.15) is 4.31 Å². The molecule has 1 aromatic carbocycles. The maximum absolute atomic E-state index is 12.8. The van der Waals surface area contributed by atoms with E-state index in [9.17, 15) is 57.9 Å². The Morgan fingerprint density at radius 1 is 1.02 bits per heavy atom. The number of phosphoric acid groups is 3. The van der Waals surface area contributed by atoms with Crippen LogP contribution in [0.2, 0.25) is 0 Å². The third-order valence-electron chi connectivity index (χ3n) is 9.71. The third kappa shape index (κ3) is 14.6. The van der Waals surface area contributed by atoms with Gasteiger partial charge in [0.05, 0.1) is 19.5 Å². The van der Waals surface area contributed by atoms with Gasteiger partial charge in [0.1, 0.15) is 46.3 Å². The molecule has 31 heteroatoms. The van der Waals surface area contributed by atoms with Gasteiger partial charge in [0.15, 0.2) is 23.3 Å². The van der Waals surface area contributed by atoms with Gasteiger partial charge < -0.3 is 55.6 Å². The molecule has 2 aliphatic rings. The van der Waals surface area contributed by atoms with Crippen molar-refractivity contribution in [1.82, 2.24) is 30.2 Å². The summed E-state index contributed by atoms with van der Waals surface area (Å²) in [5.41, 5.74) is 4.01. The first-order chi connectivity index (χ1) is 30.0. The Balaban J connectivity index is 1.01. The number of carbonyl (C=O) groups excluding carboxylic acids is 3.